The summed E-state index contributed by atoms with van der Waals surface area (Å²) in [7, 11) is 0. The summed E-state index contributed by atoms with van der Waals surface area (Å²) in [6.45, 7) is 7.89. The molecular formula is C26H28N4O3. The first-order valence-corrected chi connectivity index (χ1v) is 10.7. The van der Waals surface area contributed by atoms with Crippen LogP contribution in [0.5, 0.6) is 0 Å². The van der Waals surface area contributed by atoms with Crippen molar-refractivity contribution in [3.8, 4) is 6.07 Å². The van der Waals surface area contributed by atoms with E-state index in [-0.39, 0.29) is 24.1 Å². The molecule has 0 unspecified atom stereocenters. The molecule has 0 aromatic heterocycles. The molecule has 1 aliphatic rings. The topological polar surface area (TPSA) is 120 Å². The number of nitrogens with one attached hydrogen (secondary N) is 1. The van der Waals surface area contributed by atoms with Crippen LogP contribution in [0.25, 0.3) is 5.70 Å². The number of ether oxygens (including phenoxy) is 1. The Morgan fingerprint density at radius 3 is 2.30 bits per heavy atom. The number of hydrogen-bond donors (Lipinski definition) is 2. The number of nitriles is 1. The molecule has 0 saturated carbocycles. The monoisotopic (exact) mass is 444 g/mol. The van der Waals surface area contributed by atoms with Crippen molar-refractivity contribution in [3.05, 3.63) is 75.4 Å². The van der Waals surface area contributed by atoms with Crippen molar-refractivity contribution in [1.82, 2.24) is 4.90 Å². The summed E-state index contributed by atoms with van der Waals surface area (Å²) < 4.78 is 4.91. The average molecular weight is 445 g/mol. The van der Waals surface area contributed by atoms with E-state index in [0.717, 1.165) is 16.7 Å². The number of carbonyl (C=O) groups excluding carboxylic acids is 2. The maximum atomic E-state index is 13.2. The van der Waals surface area contributed by atoms with Gasteiger partial charge in [0, 0.05) is 42.8 Å². The number of aryl methyl sites for hydroxylation is 2. The summed E-state index contributed by atoms with van der Waals surface area (Å²) >= 11 is 0. The highest BCUT2D eigenvalue weighted by atomic mass is 16.5. The van der Waals surface area contributed by atoms with Gasteiger partial charge in [0.2, 0.25) is 0 Å². The third-order valence-electron chi connectivity index (χ3n) is 6.05. The molecule has 0 radical (unpaired) electrons. The lowest BCUT2D eigenvalue weighted by molar-refractivity contribution is -0.139. The predicted octanol–water partition coefficient (Wildman–Crippen LogP) is 3.69. The van der Waals surface area contributed by atoms with Gasteiger partial charge >= 0.3 is 5.97 Å². The van der Waals surface area contributed by atoms with Crippen molar-refractivity contribution in [3.63, 3.8) is 0 Å². The predicted molar refractivity (Wildman–Crippen MR) is 127 cm³/mol. The van der Waals surface area contributed by atoms with Gasteiger partial charge < -0.3 is 20.8 Å². The van der Waals surface area contributed by atoms with Crippen LogP contribution in [0.2, 0.25) is 0 Å². The molecule has 0 spiro atoms. The Morgan fingerprint density at radius 1 is 1.12 bits per heavy atom. The molecule has 3 N–H and O–H groups in total. The molecule has 33 heavy (non-hydrogen) atoms. The zero-order chi connectivity index (χ0) is 24.3. The van der Waals surface area contributed by atoms with Crippen LogP contribution < -0.4 is 5.73 Å². The summed E-state index contributed by atoms with van der Waals surface area (Å²) in [6, 6.07) is 13.3. The van der Waals surface area contributed by atoms with Crippen molar-refractivity contribution in [2.24, 2.45) is 5.73 Å². The van der Waals surface area contributed by atoms with Crippen LogP contribution >= 0.6 is 0 Å². The minimum Gasteiger partial charge on any atom is -0.459 e. The van der Waals surface area contributed by atoms with Crippen molar-refractivity contribution in [1.29, 1.82) is 10.7 Å². The first-order chi connectivity index (χ1) is 15.6. The molecule has 1 aliphatic heterocycles. The fraction of sp³-hybridized carbons (Fsp3) is 0.308. The molecule has 0 atom stereocenters. The van der Waals surface area contributed by atoms with Crippen LogP contribution in [0.3, 0.4) is 0 Å². The van der Waals surface area contributed by atoms with Gasteiger partial charge in [0.1, 0.15) is 6.61 Å². The second kappa shape index (κ2) is 9.70. The van der Waals surface area contributed by atoms with E-state index in [4.69, 9.17) is 21.1 Å². The second-order valence-electron chi connectivity index (χ2n) is 8.42. The zero-order valence-corrected chi connectivity index (χ0v) is 19.4. The molecular weight excluding hydrogens is 416 g/mol. The molecule has 1 heterocycles. The van der Waals surface area contributed by atoms with E-state index in [1.165, 1.54) is 6.92 Å². The van der Waals surface area contributed by atoms with E-state index in [0.29, 0.717) is 41.1 Å². The highest BCUT2D eigenvalue weighted by Crippen LogP contribution is 2.30. The fourth-order valence-electron chi connectivity index (χ4n) is 3.87. The maximum absolute atomic E-state index is 13.2. The number of benzene rings is 2. The molecule has 0 bridgehead atoms. The molecule has 2 aromatic rings. The molecule has 7 heteroatoms. The van der Waals surface area contributed by atoms with Gasteiger partial charge in [-0.1, -0.05) is 18.2 Å². The fourth-order valence-corrected chi connectivity index (χ4v) is 3.87. The Balaban J connectivity index is 1.79. The van der Waals surface area contributed by atoms with E-state index in [9.17, 15) is 9.59 Å². The van der Waals surface area contributed by atoms with E-state index >= 15 is 0 Å². The van der Waals surface area contributed by atoms with E-state index in [1.54, 1.807) is 30.0 Å². The van der Waals surface area contributed by atoms with Gasteiger partial charge in [0.05, 0.1) is 17.3 Å². The second-order valence-corrected chi connectivity index (χ2v) is 8.42. The van der Waals surface area contributed by atoms with Gasteiger partial charge in [-0.05, 0) is 61.2 Å². The Kier molecular flexibility index (Phi) is 6.98. The number of nitrogens with two attached hydrogens (primary N) is 1. The number of nitrogens with zero attached hydrogens (tertiary/aromatic N) is 2. The van der Waals surface area contributed by atoms with Gasteiger partial charge in [-0.3, -0.25) is 9.59 Å². The standard InChI is InChI=1S/C26H28N4O3/c1-15-9-16(2)23(10-22(15)25(29)17(3)24(28)14-33-18(4)31)26(32)30-12-21(13-30)20-7-5-19(11-27)6-8-20/h5-10,21,28H,12-14,29H2,1-4H3/b25-17-,28-24?. The lowest BCUT2D eigenvalue weighted by Gasteiger charge is -2.40. The third-order valence-corrected chi connectivity index (χ3v) is 6.05. The Labute approximate surface area is 194 Å². The molecule has 170 valence electrons. The number of amides is 1. The van der Waals surface area contributed by atoms with Crippen molar-refractivity contribution >= 4 is 23.3 Å². The van der Waals surface area contributed by atoms with Crippen LogP contribution in [0.4, 0.5) is 0 Å². The van der Waals surface area contributed by atoms with Gasteiger partial charge in [0.15, 0.2) is 0 Å². The van der Waals surface area contributed by atoms with E-state index in [2.05, 4.69) is 6.07 Å². The van der Waals surface area contributed by atoms with Crippen LogP contribution in [0.1, 0.15) is 57.9 Å². The normalized spacial score (nSPS) is 14.1. The molecule has 7 nitrogen and oxygen atoms in total. The van der Waals surface area contributed by atoms with Crippen LogP contribution in [0.15, 0.2) is 42.0 Å². The van der Waals surface area contributed by atoms with Gasteiger partial charge in [-0.25, -0.2) is 0 Å². The minimum atomic E-state index is -0.459. The molecule has 1 amide bonds. The molecule has 2 aromatic carbocycles. The molecule has 0 aliphatic carbocycles. The van der Waals surface area contributed by atoms with E-state index in [1.807, 2.05) is 32.0 Å². The first-order valence-electron chi connectivity index (χ1n) is 10.7. The smallest absolute Gasteiger partial charge is 0.303 e. The Hall–Kier alpha value is -3.92. The average Bonchev–Trinajstić information content (AvgIpc) is 2.75. The summed E-state index contributed by atoms with van der Waals surface area (Å²) in [6.07, 6.45) is 0. The maximum Gasteiger partial charge on any atom is 0.303 e. The number of likely N-dealkylation sites (tertiary alicyclic amines) is 1. The van der Waals surface area contributed by atoms with Crippen LogP contribution in [-0.2, 0) is 9.53 Å². The number of carbonyl (C=O) groups is 2. The quantitative estimate of drug-likeness (QED) is 0.520. The van der Waals surface area contributed by atoms with Crippen molar-refractivity contribution in [2.75, 3.05) is 19.7 Å². The highest BCUT2D eigenvalue weighted by molar-refractivity contribution is 6.05. The Morgan fingerprint density at radius 2 is 1.73 bits per heavy atom. The molecule has 1 fully saturated rings. The molecule has 3 rings (SSSR count). The van der Waals surface area contributed by atoms with E-state index < -0.39 is 5.97 Å². The minimum absolute atomic E-state index is 0.0564. The summed E-state index contributed by atoms with van der Waals surface area (Å²) in [5.41, 5.74) is 12.1. The number of hydrogen-bond acceptors (Lipinski definition) is 6. The Bertz CT molecular complexity index is 1180. The van der Waals surface area contributed by atoms with Gasteiger partial charge in [-0.15, -0.1) is 0 Å². The summed E-state index contributed by atoms with van der Waals surface area (Å²) in [5, 5.41) is 17.1. The van der Waals surface area contributed by atoms with Gasteiger partial charge in [-0.2, -0.15) is 5.26 Å². The van der Waals surface area contributed by atoms with Gasteiger partial charge in [0.25, 0.3) is 5.91 Å². The number of rotatable bonds is 6. The summed E-state index contributed by atoms with van der Waals surface area (Å²) in [5.74, 6) is -0.264. The largest absolute Gasteiger partial charge is 0.459 e. The zero-order valence-electron chi connectivity index (χ0n) is 19.4. The first kappa shape index (κ1) is 23.7. The SMILES string of the molecule is CC(=O)OCC(=N)/C(C)=C(\N)c1cc(C(=O)N2CC(c3ccc(C#N)cc3)C2)c(C)cc1C. The summed E-state index contributed by atoms with van der Waals surface area (Å²) in [4.78, 5) is 26.1. The van der Waals surface area contributed by atoms with Crippen molar-refractivity contribution < 1.29 is 14.3 Å². The van der Waals surface area contributed by atoms with Crippen molar-refractivity contribution in [2.45, 2.75) is 33.6 Å². The lowest BCUT2D eigenvalue weighted by atomic mass is 9.89. The third kappa shape index (κ3) is 5.12. The van der Waals surface area contributed by atoms with Crippen LogP contribution in [-0.4, -0.2) is 42.2 Å². The highest BCUT2D eigenvalue weighted by Gasteiger charge is 2.33. The van der Waals surface area contributed by atoms with Crippen LogP contribution in [0, 0.1) is 30.6 Å². The molecule has 1 saturated heterocycles. The lowest BCUT2D eigenvalue weighted by Crippen LogP contribution is -2.48. The number of esters is 1.